The molecule has 4 heterocycles. The van der Waals surface area contributed by atoms with Crippen LogP contribution < -0.4 is 10.6 Å². The van der Waals surface area contributed by atoms with Gasteiger partial charge in [0.1, 0.15) is 17.3 Å². The van der Waals surface area contributed by atoms with E-state index in [0.717, 1.165) is 25.5 Å². The maximum atomic E-state index is 15.1. The van der Waals surface area contributed by atoms with Crippen LogP contribution in [0.15, 0.2) is 18.3 Å². The lowest BCUT2D eigenvalue weighted by atomic mass is 9.50. The second kappa shape index (κ2) is 8.62. The number of anilines is 2. The Labute approximate surface area is 202 Å². The molecule has 36 heavy (non-hydrogen) atoms. The van der Waals surface area contributed by atoms with Gasteiger partial charge in [-0.1, -0.05) is 0 Å². The number of aromatic nitrogens is 5. The van der Waals surface area contributed by atoms with E-state index in [0.29, 0.717) is 22.8 Å². The van der Waals surface area contributed by atoms with Gasteiger partial charge >= 0.3 is 6.09 Å². The van der Waals surface area contributed by atoms with Gasteiger partial charge < -0.3 is 24.8 Å². The number of nitrogens with one attached hydrogen (secondary N) is 3. The van der Waals surface area contributed by atoms with E-state index in [-0.39, 0.29) is 30.4 Å². The third-order valence-electron chi connectivity index (χ3n) is 6.94. The van der Waals surface area contributed by atoms with Gasteiger partial charge in [0.2, 0.25) is 0 Å². The number of aromatic amines is 1. The number of amides is 1. The van der Waals surface area contributed by atoms with E-state index >= 15 is 4.39 Å². The zero-order chi connectivity index (χ0) is 25.0. The van der Waals surface area contributed by atoms with Crippen molar-refractivity contribution in [1.29, 1.82) is 0 Å². The van der Waals surface area contributed by atoms with Crippen molar-refractivity contribution < 1.29 is 32.2 Å². The van der Waals surface area contributed by atoms with Crippen molar-refractivity contribution >= 4 is 23.2 Å². The number of methoxy groups -OCH3 is 1. The number of nitrogens with zero attached hydrogens (tertiary/aromatic N) is 4. The summed E-state index contributed by atoms with van der Waals surface area (Å²) in [6.45, 7) is 0.0880. The molecule has 1 saturated heterocycles. The number of carbonyl (C=O) groups excluding carboxylic acids is 1. The fourth-order valence-electron chi connectivity index (χ4n) is 5.10. The summed E-state index contributed by atoms with van der Waals surface area (Å²) in [4.78, 5) is 16.2. The molecule has 3 aromatic heterocycles. The second-order valence-corrected chi connectivity index (χ2v) is 9.57. The second-order valence-electron chi connectivity index (χ2n) is 9.57. The molecule has 3 aliphatic carbocycles. The predicted octanol–water partition coefficient (Wildman–Crippen LogP) is 3.34. The summed E-state index contributed by atoms with van der Waals surface area (Å²) in [5.74, 6) is 0.991. The Balaban J connectivity index is 1.15. The van der Waals surface area contributed by atoms with Gasteiger partial charge in [-0.25, -0.2) is 27.5 Å². The van der Waals surface area contributed by atoms with Gasteiger partial charge in [0.25, 0.3) is 6.43 Å². The highest BCUT2D eigenvalue weighted by atomic mass is 19.3. The van der Waals surface area contributed by atoms with Crippen molar-refractivity contribution in [2.24, 2.45) is 5.92 Å². The summed E-state index contributed by atoms with van der Waals surface area (Å²) < 4.78 is 59.0. The average Bonchev–Trinajstić information content (AvgIpc) is 3.49. The summed E-state index contributed by atoms with van der Waals surface area (Å²) in [7, 11) is 1.50. The van der Waals surface area contributed by atoms with E-state index in [1.54, 1.807) is 6.07 Å². The number of hydrogen-bond acceptors (Lipinski definition) is 8. The van der Waals surface area contributed by atoms with Crippen molar-refractivity contribution in [2.45, 2.75) is 56.2 Å². The smallest absolute Gasteiger partial charge is 0.408 e. The maximum absolute atomic E-state index is 15.1. The van der Waals surface area contributed by atoms with Crippen LogP contribution in [0, 0.1) is 5.92 Å². The summed E-state index contributed by atoms with van der Waals surface area (Å²) in [5.41, 5.74) is 0.607. The maximum Gasteiger partial charge on any atom is 0.408 e. The van der Waals surface area contributed by atoms with E-state index in [1.807, 2.05) is 0 Å². The first-order chi connectivity index (χ1) is 17.3. The molecule has 11 nitrogen and oxygen atoms in total. The van der Waals surface area contributed by atoms with Crippen LogP contribution >= 0.6 is 0 Å². The SMILES string of the molecule is COCc1cc2c(Nc3cc([C@H]4OC[C@@H](OC(=O)NC56CC(C5)C6)[C@H]4F)[nH]n3)nc(C(F)F)cn2n1. The van der Waals surface area contributed by atoms with Crippen molar-refractivity contribution in [3.63, 3.8) is 0 Å². The van der Waals surface area contributed by atoms with Crippen LogP contribution in [0.4, 0.5) is 29.6 Å². The summed E-state index contributed by atoms with van der Waals surface area (Å²) >= 11 is 0. The molecule has 1 aliphatic heterocycles. The molecule has 0 radical (unpaired) electrons. The molecule has 2 bridgehead atoms. The molecule has 3 aromatic rings. The Morgan fingerprint density at radius 3 is 2.86 bits per heavy atom. The molecule has 14 heteroatoms. The molecular weight excluding hydrogens is 483 g/mol. The summed E-state index contributed by atoms with van der Waals surface area (Å²) in [6, 6.07) is 3.14. The van der Waals surface area contributed by atoms with Crippen molar-refractivity contribution in [2.75, 3.05) is 19.0 Å². The average molecular weight is 507 g/mol. The minimum atomic E-state index is -2.82. The molecule has 3 saturated carbocycles. The van der Waals surface area contributed by atoms with Gasteiger partial charge in [0.15, 0.2) is 23.9 Å². The van der Waals surface area contributed by atoms with E-state index in [4.69, 9.17) is 14.2 Å². The fourth-order valence-corrected chi connectivity index (χ4v) is 5.10. The van der Waals surface area contributed by atoms with Gasteiger partial charge in [-0.05, 0) is 31.2 Å². The van der Waals surface area contributed by atoms with Crippen molar-refractivity contribution in [3.05, 3.63) is 35.4 Å². The zero-order valence-corrected chi connectivity index (χ0v) is 19.2. The molecule has 1 amide bonds. The lowest BCUT2D eigenvalue weighted by molar-refractivity contribution is -0.0528. The normalized spacial score (nSPS) is 28.7. The van der Waals surface area contributed by atoms with Crippen LogP contribution in [0.1, 0.15) is 48.9 Å². The number of rotatable bonds is 8. The summed E-state index contributed by atoms with van der Waals surface area (Å²) in [6.07, 6.45) is -3.18. The molecule has 3 N–H and O–H groups in total. The van der Waals surface area contributed by atoms with E-state index in [1.165, 1.54) is 17.7 Å². The molecule has 0 aromatic carbocycles. The fraction of sp³-hybridized carbons (Fsp3) is 0.545. The quantitative estimate of drug-likeness (QED) is 0.424. The topological polar surface area (TPSA) is 128 Å². The number of carbonyl (C=O) groups is 1. The molecule has 4 fully saturated rings. The van der Waals surface area contributed by atoms with Crippen molar-refractivity contribution in [1.82, 2.24) is 30.1 Å². The number of alkyl halides is 3. The number of fused-ring (bicyclic) bond motifs is 1. The minimum absolute atomic E-state index is 0.0938. The van der Waals surface area contributed by atoms with Crippen LogP contribution in [0.3, 0.4) is 0 Å². The third-order valence-corrected chi connectivity index (χ3v) is 6.94. The highest BCUT2D eigenvalue weighted by Crippen LogP contribution is 2.57. The first-order valence-corrected chi connectivity index (χ1v) is 11.6. The monoisotopic (exact) mass is 507 g/mol. The van der Waals surface area contributed by atoms with Crippen molar-refractivity contribution in [3.8, 4) is 0 Å². The van der Waals surface area contributed by atoms with Gasteiger partial charge in [0.05, 0.1) is 30.8 Å². The number of halogens is 3. The van der Waals surface area contributed by atoms with Crippen LogP contribution in [0.25, 0.3) is 5.52 Å². The first-order valence-electron chi connectivity index (χ1n) is 11.6. The van der Waals surface area contributed by atoms with E-state index in [2.05, 4.69) is 30.9 Å². The molecular formula is C22H24F3N7O4. The molecule has 0 spiro atoms. The Morgan fingerprint density at radius 1 is 1.36 bits per heavy atom. The Kier molecular flexibility index (Phi) is 5.52. The Hall–Kier alpha value is -3.39. The Bertz CT molecular complexity index is 1280. The molecule has 7 rings (SSSR count). The summed E-state index contributed by atoms with van der Waals surface area (Å²) in [5, 5.41) is 16.7. The Morgan fingerprint density at radius 2 is 2.17 bits per heavy atom. The van der Waals surface area contributed by atoms with Crippen LogP contribution in [-0.2, 0) is 20.8 Å². The molecule has 4 aliphatic rings. The molecule has 192 valence electrons. The highest BCUT2D eigenvalue weighted by Gasteiger charge is 2.58. The number of H-pyrrole nitrogens is 1. The lowest BCUT2D eigenvalue weighted by Crippen LogP contribution is -2.68. The first kappa shape index (κ1) is 23.0. The standard InChI is InChI=1S/C22H24F3N7O4/c1-34-8-11-2-14-20(26-13(19(24)25)7-32(14)31-11)27-16-3-12(29-30-16)18-17(23)15(9-35-18)36-21(33)28-22-4-10(5-22)6-22/h2-3,7,10,15,17-19H,4-6,8-9H2,1H3,(H,28,33)(H2,26,27,29,30)/t10?,15-,17-,18-,22?/m1/s1. The van der Waals surface area contributed by atoms with Crippen LogP contribution in [-0.4, -0.2) is 62.4 Å². The van der Waals surface area contributed by atoms with Gasteiger partial charge in [0, 0.05) is 18.7 Å². The lowest BCUT2D eigenvalue weighted by Gasteiger charge is -2.61. The van der Waals surface area contributed by atoms with Crippen LogP contribution in [0.2, 0.25) is 0 Å². The van der Waals surface area contributed by atoms with Gasteiger partial charge in [-0.2, -0.15) is 10.2 Å². The zero-order valence-electron chi connectivity index (χ0n) is 19.2. The van der Waals surface area contributed by atoms with Gasteiger partial charge in [-0.3, -0.25) is 5.10 Å². The predicted molar refractivity (Wildman–Crippen MR) is 118 cm³/mol. The largest absolute Gasteiger partial charge is 0.441 e. The van der Waals surface area contributed by atoms with E-state index in [9.17, 15) is 13.6 Å². The number of alkyl carbamates (subject to hydrolysis) is 1. The minimum Gasteiger partial charge on any atom is -0.441 e. The molecule has 3 atom stereocenters. The number of ether oxygens (including phenoxy) is 3. The van der Waals surface area contributed by atoms with Gasteiger partial charge in [-0.15, -0.1) is 0 Å². The molecule has 0 unspecified atom stereocenters. The van der Waals surface area contributed by atoms with E-state index < -0.39 is 36.6 Å². The number of hydrogen-bond donors (Lipinski definition) is 3. The third kappa shape index (κ3) is 4.03. The highest BCUT2D eigenvalue weighted by molar-refractivity contribution is 5.72. The van der Waals surface area contributed by atoms with Crippen LogP contribution in [0.5, 0.6) is 0 Å².